The van der Waals surface area contributed by atoms with E-state index in [9.17, 15) is 22.9 Å². The summed E-state index contributed by atoms with van der Waals surface area (Å²) in [6.07, 6.45) is 0.483. The Morgan fingerprint density at radius 1 is 1.50 bits per heavy atom. The van der Waals surface area contributed by atoms with Crippen molar-refractivity contribution < 1.29 is 17.7 Å². The highest BCUT2D eigenvalue weighted by molar-refractivity contribution is 7.89. The summed E-state index contributed by atoms with van der Waals surface area (Å²) in [6.45, 7) is 1.47. The first-order valence-electron chi connectivity index (χ1n) is 5.65. The summed E-state index contributed by atoms with van der Waals surface area (Å²) in [5.41, 5.74) is -0.800. The minimum atomic E-state index is -4.04. The molecule has 0 radical (unpaired) electrons. The Hall–Kier alpha value is -2.05. The van der Waals surface area contributed by atoms with E-state index >= 15 is 0 Å². The zero-order valence-corrected chi connectivity index (χ0v) is 11.4. The van der Waals surface area contributed by atoms with Crippen molar-refractivity contribution in [3.05, 3.63) is 34.1 Å². The fraction of sp³-hybridized carbons (Fsp3) is 0.364. The first-order valence-corrected chi connectivity index (χ1v) is 7.09. The van der Waals surface area contributed by atoms with Gasteiger partial charge < -0.3 is 0 Å². The molecule has 0 spiro atoms. The van der Waals surface area contributed by atoms with Crippen molar-refractivity contribution in [2.75, 3.05) is 13.1 Å². The molecule has 108 valence electrons. The van der Waals surface area contributed by atoms with Crippen molar-refractivity contribution in [3.8, 4) is 6.07 Å². The lowest BCUT2D eigenvalue weighted by Gasteiger charge is -2.18. The van der Waals surface area contributed by atoms with Gasteiger partial charge in [-0.05, 0) is 12.5 Å². The van der Waals surface area contributed by atoms with Crippen LogP contribution in [-0.2, 0) is 10.0 Å². The van der Waals surface area contributed by atoms with Gasteiger partial charge in [-0.3, -0.25) is 10.1 Å². The lowest BCUT2D eigenvalue weighted by Crippen LogP contribution is -2.32. The minimum Gasteiger partial charge on any atom is -0.258 e. The first kappa shape index (κ1) is 16.0. The molecule has 0 amide bonds. The van der Waals surface area contributed by atoms with E-state index in [1.165, 1.54) is 0 Å². The van der Waals surface area contributed by atoms with E-state index in [4.69, 9.17) is 5.26 Å². The number of hydrogen-bond acceptors (Lipinski definition) is 5. The molecule has 0 N–H and O–H groups in total. The van der Waals surface area contributed by atoms with Crippen molar-refractivity contribution in [2.45, 2.75) is 18.2 Å². The third-order valence-corrected chi connectivity index (χ3v) is 4.31. The summed E-state index contributed by atoms with van der Waals surface area (Å²) in [6, 6.07) is 4.05. The van der Waals surface area contributed by atoms with Gasteiger partial charge in [0.05, 0.1) is 15.9 Å². The van der Waals surface area contributed by atoms with Crippen LogP contribution in [0.4, 0.5) is 10.1 Å². The Kier molecular flexibility index (Phi) is 5.12. The molecule has 0 heterocycles. The van der Waals surface area contributed by atoms with E-state index in [2.05, 4.69) is 0 Å². The van der Waals surface area contributed by atoms with Gasteiger partial charge in [-0.15, -0.1) is 0 Å². The fourth-order valence-corrected chi connectivity index (χ4v) is 3.00. The molecule has 0 aliphatic rings. The quantitative estimate of drug-likeness (QED) is 0.451. The predicted molar refractivity (Wildman–Crippen MR) is 67.7 cm³/mol. The van der Waals surface area contributed by atoms with Crippen LogP contribution in [0.5, 0.6) is 0 Å². The molecule has 1 rings (SSSR count). The van der Waals surface area contributed by atoms with Gasteiger partial charge in [0.25, 0.3) is 0 Å². The van der Waals surface area contributed by atoms with E-state index < -0.39 is 31.3 Å². The topological polar surface area (TPSA) is 104 Å². The maximum atomic E-state index is 13.5. The molecule has 0 saturated carbocycles. The number of nitro benzene ring substituents is 1. The molecule has 0 aliphatic carbocycles. The van der Waals surface area contributed by atoms with Crippen LogP contribution in [0.2, 0.25) is 0 Å². The van der Waals surface area contributed by atoms with Crippen molar-refractivity contribution in [1.29, 1.82) is 5.26 Å². The molecule has 0 aliphatic heterocycles. The molecule has 20 heavy (non-hydrogen) atoms. The number of benzene rings is 1. The van der Waals surface area contributed by atoms with Crippen LogP contribution in [0.3, 0.4) is 0 Å². The monoisotopic (exact) mass is 301 g/mol. The van der Waals surface area contributed by atoms with Crippen LogP contribution in [-0.4, -0.2) is 30.7 Å². The zero-order valence-electron chi connectivity index (χ0n) is 10.6. The highest BCUT2D eigenvalue weighted by atomic mass is 32.2. The average Bonchev–Trinajstić information content (AvgIpc) is 2.37. The molecular weight excluding hydrogens is 289 g/mol. The van der Waals surface area contributed by atoms with Gasteiger partial charge in [-0.2, -0.15) is 14.0 Å². The Morgan fingerprint density at radius 3 is 2.60 bits per heavy atom. The second kappa shape index (κ2) is 6.40. The summed E-state index contributed by atoms with van der Waals surface area (Å²) < 4.78 is 38.7. The maximum Gasteiger partial charge on any atom is 0.304 e. The number of rotatable bonds is 6. The molecule has 0 saturated heterocycles. The first-order chi connectivity index (χ1) is 9.34. The van der Waals surface area contributed by atoms with Gasteiger partial charge in [0.15, 0.2) is 0 Å². The minimum absolute atomic E-state index is 0.106. The number of hydrogen-bond donors (Lipinski definition) is 0. The number of nitro groups is 1. The number of nitrogens with zero attached hydrogens (tertiary/aromatic N) is 3. The summed E-state index contributed by atoms with van der Waals surface area (Å²) in [4.78, 5) is 9.13. The number of halogens is 1. The Balaban J connectivity index is 3.25. The van der Waals surface area contributed by atoms with E-state index in [0.717, 1.165) is 16.4 Å². The highest BCUT2D eigenvalue weighted by Gasteiger charge is 2.26. The smallest absolute Gasteiger partial charge is 0.258 e. The van der Waals surface area contributed by atoms with Crippen molar-refractivity contribution in [2.24, 2.45) is 0 Å². The normalized spacial score (nSPS) is 11.3. The van der Waals surface area contributed by atoms with Gasteiger partial charge in [0, 0.05) is 18.7 Å². The fourth-order valence-electron chi connectivity index (χ4n) is 1.56. The Labute approximate surface area is 115 Å². The maximum absolute atomic E-state index is 13.5. The van der Waals surface area contributed by atoms with E-state index in [1.54, 1.807) is 13.0 Å². The van der Waals surface area contributed by atoms with E-state index in [0.29, 0.717) is 12.5 Å². The molecule has 9 heteroatoms. The zero-order chi connectivity index (χ0) is 15.3. The molecule has 0 unspecified atom stereocenters. The van der Waals surface area contributed by atoms with Gasteiger partial charge in [0.1, 0.15) is 6.54 Å². The summed E-state index contributed by atoms with van der Waals surface area (Å²) >= 11 is 0. The van der Waals surface area contributed by atoms with E-state index in [-0.39, 0.29) is 13.1 Å². The van der Waals surface area contributed by atoms with Crippen LogP contribution < -0.4 is 0 Å². The van der Waals surface area contributed by atoms with Gasteiger partial charge in [-0.25, -0.2) is 8.42 Å². The molecule has 1 aromatic carbocycles. The van der Waals surface area contributed by atoms with Crippen molar-refractivity contribution >= 4 is 15.7 Å². The van der Waals surface area contributed by atoms with E-state index in [1.807, 2.05) is 0 Å². The third kappa shape index (κ3) is 3.28. The molecule has 0 aromatic heterocycles. The standard InChI is InChI=1S/C11H12FN3O4S/c1-2-6-14(7-5-13)20(18,19)9-3-4-11(15(16)17)10(12)8-9/h3-4,8H,2,6-7H2,1H3. The van der Waals surface area contributed by atoms with Gasteiger partial charge >= 0.3 is 5.69 Å². The molecule has 0 bridgehead atoms. The summed E-state index contributed by atoms with van der Waals surface area (Å²) in [5.74, 6) is -1.23. The van der Waals surface area contributed by atoms with Crippen molar-refractivity contribution in [1.82, 2.24) is 4.31 Å². The largest absolute Gasteiger partial charge is 0.304 e. The second-order valence-electron chi connectivity index (χ2n) is 3.87. The van der Waals surface area contributed by atoms with Crippen LogP contribution >= 0.6 is 0 Å². The molecule has 7 nitrogen and oxygen atoms in total. The number of sulfonamides is 1. The van der Waals surface area contributed by atoms with Gasteiger partial charge in [-0.1, -0.05) is 6.92 Å². The third-order valence-electron chi connectivity index (χ3n) is 2.47. The number of nitriles is 1. The predicted octanol–water partition coefficient (Wildman–Crippen LogP) is 1.66. The Bertz CT molecular complexity index is 654. The average molecular weight is 301 g/mol. The van der Waals surface area contributed by atoms with Crippen molar-refractivity contribution in [3.63, 3.8) is 0 Å². The van der Waals surface area contributed by atoms with Crippen LogP contribution in [0.1, 0.15) is 13.3 Å². The molecular formula is C11H12FN3O4S. The van der Waals surface area contributed by atoms with Crippen LogP contribution in [0.25, 0.3) is 0 Å². The molecule has 1 aromatic rings. The molecule has 0 atom stereocenters. The lowest BCUT2D eigenvalue weighted by atomic mass is 10.3. The molecule has 0 fully saturated rings. The van der Waals surface area contributed by atoms with Gasteiger partial charge in [0.2, 0.25) is 15.8 Å². The lowest BCUT2D eigenvalue weighted by molar-refractivity contribution is -0.387. The summed E-state index contributed by atoms with van der Waals surface area (Å²) in [5, 5.41) is 19.1. The Morgan fingerprint density at radius 2 is 2.15 bits per heavy atom. The highest BCUT2D eigenvalue weighted by Crippen LogP contribution is 2.23. The second-order valence-corrected chi connectivity index (χ2v) is 5.80. The van der Waals surface area contributed by atoms with Crippen LogP contribution in [0, 0.1) is 27.3 Å². The SMILES string of the molecule is CCCN(CC#N)S(=O)(=O)c1ccc([N+](=O)[O-])c(F)c1. The summed E-state index contributed by atoms with van der Waals surface area (Å²) in [7, 11) is -4.04. The van der Waals surface area contributed by atoms with Crippen LogP contribution in [0.15, 0.2) is 23.1 Å².